The quantitative estimate of drug-likeness (QED) is 0.814. The smallest absolute Gasteiger partial charge is 0.234 e. The Kier molecular flexibility index (Phi) is 5.03. The molecule has 0 spiro atoms. The van der Waals surface area contributed by atoms with E-state index in [1.54, 1.807) is 30.3 Å². The second-order valence-electron chi connectivity index (χ2n) is 3.95. The average Bonchev–Trinajstić information content (AvgIpc) is 2.41. The zero-order valence-corrected chi connectivity index (χ0v) is 12.7. The maximum atomic E-state index is 13.5. The van der Waals surface area contributed by atoms with Crippen molar-refractivity contribution >= 4 is 39.3 Å². The van der Waals surface area contributed by atoms with Crippen molar-refractivity contribution in [3.8, 4) is 5.75 Å². The van der Waals surface area contributed by atoms with Crippen molar-refractivity contribution in [2.24, 2.45) is 0 Å². The summed E-state index contributed by atoms with van der Waals surface area (Å²) in [5, 5.41) is 11.7. The molecule has 3 nitrogen and oxygen atoms in total. The summed E-state index contributed by atoms with van der Waals surface area (Å²) in [6, 6.07) is 11.0. The summed E-state index contributed by atoms with van der Waals surface area (Å²) < 4.78 is 14.2. The van der Waals surface area contributed by atoms with E-state index in [4.69, 9.17) is 5.11 Å². The zero-order chi connectivity index (χ0) is 14.5. The molecule has 0 atom stereocenters. The molecule has 2 rings (SSSR count). The number of phenolic OH excluding ortho intramolecular Hbond substituents is 1. The van der Waals surface area contributed by atoms with Gasteiger partial charge in [0.15, 0.2) is 0 Å². The number of benzene rings is 2. The minimum absolute atomic E-state index is 0.157. The van der Waals surface area contributed by atoms with E-state index in [-0.39, 0.29) is 23.1 Å². The number of thioether (sulfide) groups is 1. The highest BCUT2D eigenvalue weighted by atomic mass is 79.9. The fourth-order valence-corrected chi connectivity index (χ4v) is 2.50. The third-order valence-electron chi connectivity index (χ3n) is 2.41. The lowest BCUT2D eigenvalue weighted by molar-refractivity contribution is -0.113. The van der Waals surface area contributed by atoms with Crippen LogP contribution in [0.25, 0.3) is 0 Å². The normalized spacial score (nSPS) is 10.3. The number of carbonyl (C=O) groups excluding carboxylic acids is 1. The standard InChI is InChI=1S/C14H11BrFNO2S/c15-9-1-6-13(12(16)7-9)17-14(19)8-20-11-4-2-10(18)3-5-11/h1-7,18H,8H2,(H,17,19). The third kappa shape index (κ3) is 4.25. The molecular formula is C14H11BrFNO2S. The molecule has 2 aromatic carbocycles. The number of hydrogen-bond acceptors (Lipinski definition) is 3. The summed E-state index contributed by atoms with van der Waals surface area (Å²) in [7, 11) is 0. The number of phenols is 1. The number of hydrogen-bond donors (Lipinski definition) is 2. The van der Waals surface area contributed by atoms with Gasteiger partial charge < -0.3 is 10.4 Å². The molecule has 0 unspecified atom stereocenters. The van der Waals surface area contributed by atoms with E-state index in [9.17, 15) is 9.18 Å². The van der Waals surface area contributed by atoms with Crippen molar-refractivity contribution in [1.82, 2.24) is 0 Å². The highest BCUT2D eigenvalue weighted by Gasteiger charge is 2.08. The van der Waals surface area contributed by atoms with Crippen molar-refractivity contribution in [2.75, 3.05) is 11.1 Å². The molecule has 0 radical (unpaired) electrons. The van der Waals surface area contributed by atoms with Crippen LogP contribution < -0.4 is 5.32 Å². The average molecular weight is 356 g/mol. The molecule has 0 heterocycles. The first-order chi connectivity index (χ1) is 9.54. The van der Waals surface area contributed by atoms with Crippen LogP contribution in [0.1, 0.15) is 0 Å². The van der Waals surface area contributed by atoms with Crippen LogP contribution in [0.5, 0.6) is 5.75 Å². The van der Waals surface area contributed by atoms with E-state index in [1.165, 1.54) is 23.9 Å². The Bertz CT molecular complexity index is 619. The fourth-order valence-electron chi connectivity index (χ4n) is 1.47. The van der Waals surface area contributed by atoms with Gasteiger partial charge in [-0.1, -0.05) is 15.9 Å². The number of halogens is 2. The second-order valence-corrected chi connectivity index (χ2v) is 5.92. The van der Waals surface area contributed by atoms with Crippen LogP contribution in [-0.2, 0) is 4.79 Å². The Morgan fingerprint density at radius 3 is 2.60 bits per heavy atom. The molecule has 0 aliphatic carbocycles. The predicted octanol–water partition coefficient (Wildman–Crippen LogP) is 4.02. The van der Waals surface area contributed by atoms with Gasteiger partial charge in [0, 0.05) is 9.37 Å². The molecule has 2 aromatic rings. The summed E-state index contributed by atoms with van der Waals surface area (Å²) in [6.07, 6.45) is 0. The lowest BCUT2D eigenvalue weighted by Gasteiger charge is -2.06. The summed E-state index contributed by atoms with van der Waals surface area (Å²) in [5.74, 6) is -0.428. The van der Waals surface area contributed by atoms with Gasteiger partial charge in [-0.05, 0) is 42.5 Å². The van der Waals surface area contributed by atoms with Gasteiger partial charge >= 0.3 is 0 Å². The zero-order valence-electron chi connectivity index (χ0n) is 10.3. The molecule has 6 heteroatoms. The maximum absolute atomic E-state index is 13.5. The number of anilines is 1. The lowest BCUT2D eigenvalue weighted by atomic mass is 10.3. The van der Waals surface area contributed by atoms with Crippen LogP contribution in [0.2, 0.25) is 0 Å². The first-order valence-electron chi connectivity index (χ1n) is 5.71. The van der Waals surface area contributed by atoms with Crippen molar-refractivity contribution in [2.45, 2.75) is 4.90 Å². The molecule has 0 bridgehead atoms. The van der Waals surface area contributed by atoms with Crippen LogP contribution in [0.3, 0.4) is 0 Å². The molecule has 1 amide bonds. The minimum atomic E-state index is -0.484. The topological polar surface area (TPSA) is 49.3 Å². The van der Waals surface area contributed by atoms with Crippen LogP contribution in [0.4, 0.5) is 10.1 Å². The van der Waals surface area contributed by atoms with Crippen LogP contribution in [0.15, 0.2) is 51.8 Å². The number of rotatable bonds is 4. The van der Waals surface area contributed by atoms with Gasteiger partial charge in [-0.3, -0.25) is 4.79 Å². The highest BCUT2D eigenvalue weighted by Crippen LogP contribution is 2.22. The Hall–Kier alpha value is -1.53. The van der Waals surface area contributed by atoms with Crippen molar-refractivity contribution in [3.05, 3.63) is 52.8 Å². The number of nitrogens with one attached hydrogen (secondary N) is 1. The molecule has 20 heavy (non-hydrogen) atoms. The SMILES string of the molecule is O=C(CSc1ccc(O)cc1)Nc1ccc(Br)cc1F. The van der Waals surface area contributed by atoms with Gasteiger partial charge in [0.1, 0.15) is 11.6 Å². The lowest BCUT2D eigenvalue weighted by Crippen LogP contribution is -2.14. The number of amides is 1. The molecule has 0 saturated carbocycles. The van der Waals surface area contributed by atoms with E-state index in [0.717, 1.165) is 4.90 Å². The molecule has 2 N–H and O–H groups in total. The molecule has 0 saturated heterocycles. The van der Waals surface area contributed by atoms with Gasteiger partial charge in [-0.25, -0.2) is 4.39 Å². The Morgan fingerprint density at radius 1 is 1.25 bits per heavy atom. The van der Waals surface area contributed by atoms with Crippen molar-refractivity contribution < 1.29 is 14.3 Å². The van der Waals surface area contributed by atoms with Crippen LogP contribution >= 0.6 is 27.7 Å². The van der Waals surface area contributed by atoms with E-state index in [2.05, 4.69) is 21.2 Å². The van der Waals surface area contributed by atoms with E-state index in [0.29, 0.717) is 4.47 Å². The van der Waals surface area contributed by atoms with Crippen molar-refractivity contribution in [3.63, 3.8) is 0 Å². The molecule has 0 aromatic heterocycles. The molecule has 104 valence electrons. The fraction of sp³-hybridized carbons (Fsp3) is 0.0714. The number of carbonyl (C=O) groups is 1. The monoisotopic (exact) mass is 355 g/mol. The summed E-state index contributed by atoms with van der Waals surface area (Å²) in [4.78, 5) is 12.6. The predicted molar refractivity (Wildman–Crippen MR) is 81.6 cm³/mol. The summed E-state index contributed by atoms with van der Waals surface area (Å²) in [6.45, 7) is 0. The molecule has 0 aliphatic heterocycles. The van der Waals surface area contributed by atoms with Gasteiger partial charge in [0.2, 0.25) is 5.91 Å². The molecular weight excluding hydrogens is 345 g/mol. The van der Waals surface area contributed by atoms with Crippen molar-refractivity contribution in [1.29, 1.82) is 0 Å². The third-order valence-corrected chi connectivity index (χ3v) is 3.92. The molecule has 0 aliphatic rings. The van der Waals surface area contributed by atoms with Gasteiger partial charge in [-0.15, -0.1) is 11.8 Å². The van der Waals surface area contributed by atoms with Gasteiger partial charge in [0.25, 0.3) is 0 Å². The molecule has 0 fully saturated rings. The van der Waals surface area contributed by atoms with E-state index in [1.807, 2.05) is 0 Å². The maximum Gasteiger partial charge on any atom is 0.234 e. The summed E-state index contributed by atoms with van der Waals surface area (Å²) >= 11 is 4.46. The van der Waals surface area contributed by atoms with E-state index < -0.39 is 5.82 Å². The second kappa shape index (κ2) is 6.76. The summed E-state index contributed by atoms with van der Waals surface area (Å²) in [5.41, 5.74) is 0.157. The Labute approximate surface area is 128 Å². The largest absolute Gasteiger partial charge is 0.508 e. The minimum Gasteiger partial charge on any atom is -0.508 e. The first kappa shape index (κ1) is 14.9. The van der Waals surface area contributed by atoms with Gasteiger partial charge in [0.05, 0.1) is 11.4 Å². The van der Waals surface area contributed by atoms with Crippen LogP contribution in [-0.4, -0.2) is 16.8 Å². The first-order valence-corrected chi connectivity index (χ1v) is 7.49. The Morgan fingerprint density at radius 2 is 1.95 bits per heavy atom. The van der Waals surface area contributed by atoms with E-state index >= 15 is 0 Å². The highest BCUT2D eigenvalue weighted by molar-refractivity contribution is 9.10. The Balaban J connectivity index is 1.90. The number of aromatic hydroxyl groups is 1. The van der Waals surface area contributed by atoms with Gasteiger partial charge in [-0.2, -0.15) is 0 Å². The van der Waals surface area contributed by atoms with Crippen LogP contribution in [0, 0.1) is 5.82 Å².